The van der Waals surface area contributed by atoms with Gasteiger partial charge in [-0.15, -0.1) is 0 Å². The SMILES string of the molecule is Bc1ccc2c(c1)[C@@]1(N=C(N)N(C)C1=O)[C@]1(CC[C@H](OC)CC1)C2. The molecule has 5 nitrogen and oxygen atoms in total. The molecule has 3 aliphatic rings. The van der Waals surface area contributed by atoms with Crippen molar-refractivity contribution < 1.29 is 9.53 Å². The molecule has 2 N–H and O–H groups in total. The number of guanidine groups is 1. The first-order valence-electron chi connectivity index (χ1n) is 8.70. The minimum atomic E-state index is -0.841. The van der Waals surface area contributed by atoms with Crippen molar-refractivity contribution >= 4 is 25.2 Å². The lowest BCUT2D eigenvalue weighted by atomic mass is 9.61. The summed E-state index contributed by atoms with van der Waals surface area (Å²) in [6, 6.07) is 6.43. The molecule has 0 aromatic heterocycles. The zero-order valence-electron chi connectivity index (χ0n) is 14.6. The number of nitrogens with two attached hydrogens (primary N) is 1. The van der Waals surface area contributed by atoms with Crippen molar-refractivity contribution in [3.05, 3.63) is 29.3 Å². The molecular formula is C18H24BN3O2. The molecule has 0 radical (unpaired) electrons. The number of fused-ring (bicyclic) bond motifs is 3. The first-order chi connectivity index (χ1) is 11.4. The van der Waals surface area contributed by atoms with Crippen LogP contribution in [0, 0.1) is 5.41 Å². The highest BCUT2D eigenvalue weighted by molar-refractivity contribution is 6.32. The zero-order chi connectivity index (χ0) is 17.1. The minimum Gasteiger partial charge on any atom is -0.381 e. The van der Waals surface area contributed by atoms with Crippen molar-refractivity contribution in [1.82, 2.24) is 4.90 Å². The van der Waals surface area contributed by atoms with E-state index in [9.17, 15) is 4.79 Å². The highest BCUT2D eigenvalue weighted by Gasteiger charge is 2.66. The fraction of sp³-hybridized carbons (Fsp3) is 0.556. The molecule has 1 heterocycles. The Morgan fingerprint density at radius 2 is 2.08 bits per heavy atom. The molecule has 24 heavy (non-hydrogen) atoms. The van der Waals surface area contributed by atoms with Crippen LogP contribution in [0.3, 0.4) is 0 Å². The maximum Gasteiger partial charge on any atom is 0.262 e. The summed E-state index contributed by atoms with van der Waals surface area (Å²) in [6.07, 6.45) is 5.00. The van der Waals surface area contributed by atoms with Crippen LogP contribution in [0.5, 0.6) is 0 Å². The normalized spacial score (nSPS) is 34.9. The number of benzene rings is 1. The number of hydrogen-bond donors (Lipinski definition) is 1. The van der Waals surface area contributed by atoms with Crippen LogP contribution in [-0.2, 0) is 21.5 Å². The van der Waals surface area contributed by atoms with Crippen LogP contribution >= 0.6 is 0 Å². The van der Waals surface area contributed by atoms with E-state index in [1.807, 2.05) is 0 Å². The van der Waals surface area contributed by atoms with E-state index in [1.165, 1.54) is 10.5 Å². The third-order valence-electron chi connectivity index (χ3n) is 6.41. The van der Waals surface area contributed by atoms with Gasteiger partial charge < -0.3 is 10.5 Å². The molecule has 1 atom stereocenters. The van der Waals surface area contributed by atoms with Gasteiger partial charge in [0.05, 0.1) is 6.10 Å². The second kappa shape index (κ2) is 5.09. The molecule has 1 aliphatic heterocycles. The van der Waals surface area contributed by atoms with Gasteiger partial charge in [-0.25, -0.2) is 4.99 Å². The number of amides is 1. The molecule has 0 unspecified atom stereocenters. The number of nitrogens with zero attached hydrogens (tertiary/aromatic N) is 2. The van der Waals surface area contributed by atoms with E-state index >= 15 is 0 Å². The molecule has 1 fully saturated rings. The maximum absolute atomic E-state index is 13.3. The highest BCUT2D eigenvalue weighted by atomic mass is 16.5. The van der Waals surface area contributed by atoms with Crippen molar-refractivity contribution in [2.24, 2.45) is 16.1 Å². The lowest BCUT2D eigenvalue weighted by Crippen LogP contribution is -2.51. The van der Waals surface area contributed by atoms with Gasteiger partial charge >= 0.3 is 0 Å². The van der Waals surface area contributed by atoms with E-state index in [2.05, 4.69) is 26.0 Å². The smallest absolute Gasteiger partial charge is 0.262 e. The van der Waals surface area contributed by atoms with Gasteiger partial charge in [-0.1, -0.05) is 23.7 Å². The summed E-state index contributed by atoms with van der Waals surface area (Å²) in [5, 5.41) is 0. The third kappa shape index (κ3) is 1.80. The van der Waals surface area contributed by atoms with Gasteiger partial charge in [0.1, 0.15) is 7.85 Å². The van der Waals surface area contributed by atoms with Crippen LogP contribution in [0.25, 0.3) is 0 Å². The average Bonchev–Trinajstić information content (AvgIpc) is 2.97. The minimum absolute atomic E-state index is 0.0280. The number of aliphatic imine (C=N–C) groups is 1. The van der Waals surface area contributed by atoms with Crippen molar-refractivity contribution in [3.63, 3.8) is 0 Å². The molecule has 2 spiro atoms. The number of carbonyl (C=O) groups is 1. The van der Waals surface area contributed by atoms with Crippen LogP contribution in [0.15, 0.2) is 23.2 Å². The maximum atomic E-state index is 13.3. The van der Waals surface area contributed by atoms with Gasteiger partial charge in [-0.05, 0) is 43.2 Å². The second-order valence-corrected chi connectivity index (χ2v) is 7.60. The lowest BCUT2D eigenvalue weighted by molar-refractivity contribution is -0.137. The Morgan fingerprint density at radius 3 is 2.67 bits per heavy atom. The van der Waals surface area contributed by atoms with E-state index in [0.29, 0.717) is 5.96 Å². The van der Waals surface area contributed by atoms with Crippen LogP contribution in [0.4, 0.5) is 0 Å². The topological polar surface area (TPSA) is 67.9 Å². The summed E-state index contributed by atoms with van der Waals surface area (Å²) >= 11 is 0. The molecule has 0 bridgehead atoms. The Hall–Kier alpha value is -1.82. The first-order valence-corrected chi connectivity index (χ1v) is 8.70. The van der Waals surface area contributed by atoms with Gasteiger partial charge in [0.25, 0.3) is 5.91 Å². The van der Waals surface area contributed by atoms with E-state index in [0.717, 1.165) is 43.1 Å². The predicted octanol–water partition coefficient (Wildman–Crippen LogP) is 0.0585. The number of rotatable bonds is 1. The lowest BCUT2D eigenvalue weighted by Gasteiger charge is -2.45. The summed E-state index contributed by atoms with van der Waals surface area (Å²) < 4.78 is 5.55. The largest absolute Gasteiger partial charge is 0.381 e. The highest BCUT2D eigenvalue weighted by Crippen LogP contribution is 2.61. The fourth-order valence-corrected chi connectivity index (χ4v) is 5.04. The van der Waals surface area contributed by atoms with Gasteiger partial charge in [0, 0.05) is 19.6 Å². The number of likely N-dealkylation sites (N-methyl/N-ethyl adjacent to an activating group) is 1. The summed E-state index contributed by atoms with van der Waals surface area (Å²) in [5.41, 5.74) is 8.55. The van der Waals surface area contributed by atoms with Crippen molar-refractivity contribution in [2.45, 2.75) is 43.7 Å². The van der Waals surface area contributed by atoms with Crippen LogP contribution in [0.1, 0.15) is 36.8 Å². The Kier molecular flexibility index (Phi) is 3.33. The van der Waals surface area contributed by atoms with Gasteiger partial charge in [-0.2, -0.15) is 0 Å². The van der Waals surface area contributed by atoms with E-state index in [-0.39, 0.29) is 17.4 Å². The fourth-order valence-electron chi connectivity index (χ4n) is 5.04. The van der Waals surface area contributed by atoms with Crippen molar-refractivity contribution in [3.8, 4) is 0 Å². The quantitative estimate of drug-likeness (QED) is 0.743. The molecule has 126 valence electrons. The number of carbonyl (C=O) groups excluding carboxylic acids is 1. The molecule has 2 aliphatic carbocycles. The van der Waals surface area contributed by atoms with Crippen LogP contribution < -0.4 is 11.2 Å². The molecule has 1 saturated carbocycles. The summed E-state index contributed by atoms with van der Waals surface area (Å²) in [5.74, 6) is 0.364. The summed E-state index contributed by atoms with van der Waals surface area (Å²) in [4.78, 5) is 19.7. The van der Waals surface area contributed by atoms with E-state index < -0.39 is 5.54 Å². The number of hydrogen-bond acceptors (Lipinski definition) is 4. The van der Waals surface area contributed by atoms with Crippen LogP contribution in [-0.4, -0.2) is 44.9 Å². The molecule has 4 rings (SSSR count). The van der Waals surface area contributed by atoms with Gasteiger partial charge in [0.2, 0.25) is 0 Å². The van der Waals surface area contributed by atoms with Crippen molar-refractivity contribution in [2.75, 3.05) is 14.2 Å². The summed E-state index contributed by atoms with van der Waals surface area (Å²) in [7, 11) is 5.57. The predicted molar refractivity (Wildman–Crippen MR) is 96.1 cm³/mol. The Balaban J connectivity index is 1.89. The number of ether oxygens (including phenoxy) is 1. The molecule has 6 heteroatoms. The standard InChI is InChI=1S/C18H24BN3O2/c1-22-15(23)18(21-16(22)20)14-9-12(19)4-3-11(14)10-17(18)7-5-13(24-2)6-8-17/h3-4,9,13H,5-8,10,19H2,1-2H3,(H2,20,21)/t13-,17-,18-/m0/s1. The van der Waals surface area contributed by atoms with Crippen LogP contribution in [0.2, 0.25) is 0 Å². The Labute approximate surface area is 143 Å². The monoisotopic (exact) mass is 325 g/mol. The number of methoxy groups -OCH3 is 1. The average molecular weight is 325 g/mol. The third-order valence-corrected chi connectivity index (χ3v) is 6.41. The van der Waals surface area contributed by atoms with E-state index in [4.69, 9.17) is 15.5 Å². The van der Waals surface area contributed by atoms with E-state index in [1.54, 1.807) is 14.2 Å². The van der Waals surface area contributed by atoms with Gasteiger partial charge in [0.15, 0.2) is 11.5 Å². The molecule has 1 aromatic carbocycles. The molecular weight excluding hydrogens is 301 g/mol. The Bertz CT molecular complexity index is 740. The molecule has 0 saturated heterocycles. The second-order valence-electron chi connectivity index (χ2n) is 7.60. The molecule has 1 aromatic rings. The molecule has 1 amide bonds. The Morgan fingerprint density at radius 1 is 1.38 bits per heavy atom. The van der Waals surface area contributed by atoms with Crippen molar-refractivity contribution in [1.29, 1.82) is 0 Å². The summed E-state index contributed by atoms with van der Waals surface area (Å²) in [6.45, 7) is 0. The first kappa shape index (κ1) is 15.7. The zero-order valence-corrected chi connectivity index (χ0v) is 14.6. The van der Waals surface area contributed by atoms with Gasteiger partial charge in [-0.3, -0.25) is 9.69 Å².